The summed E-state index contributed by atoms with van der Waals surface area (Å²) in [5, 5.41) is 6.11. The molecule has 0 saturated heterocycles. The Kier molecular flexibility index (Phi) is 7.69. The van der Waals surface area contributed by atoms with Gasteiger partial charge in [0.25, 0.3) is 0 Å². The summed E-state index contributed by atoms with van der Waals surface area (Å²) in [7, 11) is 0. The van der Waals surface area contributed by atoms with Crippen molar-refractivity contribution >= 4 is 5.91 Å². The molecule has 13 heavy (non-hydrogen) atoms. The Morgan fingerprint density at radius 3 is 2.54 bits per heavy atom. The van der Waals surface area contributed by atoms with E-state index in [9.17, 15) is 4.79 Å². The van der Waals surface area contributed by atoms with Gasteiger partial charge in [0.05, 0.1) is 0 Å². The number of carbonyl (C=O) groups is 1. The predicted molar refractivity (Wildman–Crippen MR) is 55.7 cm³/mol. The minimum atomic E-state index is 0.174. The summed E-state index contributed by atoms with van der Waals surface area (Å²) in [5.41, 5.74) is 0. The first-order chi connectivity index (χ1) is 6.16. The van der Waals surface area contributed by atoms with Gasteiger partial charge in [0.2, 0.25) is 5.91 Å². The van der Waals surface area contributed by atoms with E-state index < -0.39 is 0 Å². The average Bonchev–Trinajstić information content (AvgIpc) is 2.08. The van der Waals surface area contributed by atoms with Gasteiger partial charge in [-0.1, -0.05) is 27.2 Å². The lowest BCUT2D eigenvalue weighted by molar-refractivity contribution is -0.121. The summed E-state index contributed by atoms with van der Waals surface area (Å²) >= 11 is 0. The molecule has 0 aromatic carbocycles. The third-order valence-electron chi connectivity index (χ3n) is 1.76. The summed E-state index contributed by atoms with van der Waals surface area (Å²) < 4.78 is 0. The first kappa shape index (κ1) is 12.4. The standard InChI is InChI=1S/C10H22N2O/c1-4-5-6-10(13)12-8-7-11-9(2)3/h9,11H,4-8H2,1-3H3,(H,12,13). The van der Waals surface area contributed by atoms with E-state index >= 15 is 0 Å². The molecular weight excluding hydrogens is 164 g/mol. The maximum Gasteiger partial charge on any atom is 0.220 e. The lowest BCUT2D eigenvalue weighted by Crippen LogP contribution is -2.34. The fourth-order valence-electron chi connectivity index (χ4n) is 0.988. The molecule has 78 valence electrons. The van der Waals surface area contributed by atoms with Crippen molar-refractivity contribution in [1.29, 1.82) is 0 Å². The van der Waals surface area contributed by atoms with E-state index in [1.807, 2.05) is 0 Å². The molecule has 3 nitrogen and oxygen atoms in total. The molecule has 0 rings (SSSR count). The Morgan fingerprint density at radius 2 is 2.00 bits per heavy atom. The van der Waals surface area contributed by atoms with Crippen molar-refractivity contribution in [1.82, 2.24) is 10.6 Å². The van der Waals surface area contributed by atoms with Crippen LogP contribution in [0.15, 0.2) is 0 Å². The number of amides is 1. The van der Waals surface area contributed by atoms with E-state index in [4.69, 9.17) is 0 Å². The molecule has 0 bridgehead atoms. The fourth-order valence-corrected chi connectivity index (χ4v) is 0.988. The highest BCUT2D eigenvalue weighted by Crippen LogP contribution is 1.92. The molecule has 0 fully saturated rings. The van der Waals surface area contributed by atoms with Crippen LogP contribution in [0, 0.1) is 0 Å². The second-order valence-corrected chi connectivity index (χ2v) is 3.56. The smallest absolute Gasteiger partial charge is 0.220 e. The van der Waals surface area contributed by atoms with Gasteiger partial charge in [-0.25, -0.2) is 0 Å². The van der Waals surface area contributed by atoms with E-state index in [0.29, 0.717) is 12.5 Å². The average molecular weight is 186 g/mol. The molecule has 0 heterocycles. The second-order valence-electron chi connectivity index (χ2n) is 3.56. The molecule has 0 aliphatic rings. The molecule has 0 atom stereocenters. The molecule has 3 heteroatoms. The van der Waals surface area contributed by atoms with Crippen LogP contribution >= 0.6 is 0 Å². The minimum absolute atomic E-state index is 0.174. The summed E-state index contributed by atoms with van der Waals surface area (Å²) in [6, 6.07) is 0.493. The summed E-state index contributed by atoms with van der Waals surface area (Å²) in [4.78, 5) is 11.1. The lowest BCUT2D eigenvalue weighted by atomic mass is 10.2. The molecule has 0 aliphatic heterocycles. The number of rotatable bonds is 7. The van der Waals surface area contributed by atoms with Crippen LogP contribution in [0.25, 0.3) is 0 Å². The van der Waals surface area contributed by atoms with Crippen LogP contribution in [0.1, 0.15) is 40.0 Å². The van der Waals surface area contributed by atoms with Gasteiger partial charge in [0.1, 0.15) is 0 Å². The zero-order valence-corrected chi connectivity index (χ0v) is 9.02. The van der Waals surface area contributed by atoms with Crippen LogP contribution in [0.4, 0.5) is 0 Å². The Bertz CT molecular complexity index is 135. The molecule has 0 aromatic heterocycles. The van der Waals surface area contributed by atoms with Crippen LogP contribution < -0.4 is 10.6 Å². The summed E-state index contributed by atoms with van der Waals surface area (Å²) in [6.07, 6.45) is 2.74. The van der Waals surface area contributed by atoms with Crippen LogP contribution in [0.2, 0.25) is 0 Å². The number of hydrogen-bond acceptors (Lipinski definition) is 2. The highest BCUT2D eigenvalue weighted by atomic mass is 16.1. The van der Waals surface area contributed by atoms with Gasteiger partial charge in [0, 0.05) is 25.6 Å². The van der Waals surface area contributed by atoms with E-state index in [0.717, 1.165) is 25.9 Å². The van der Waals surface area contributed by atoms with E-state index in [1.54, 1.807) is 0 Å². The van der Waals surface area contributed by atoms with Gasteiger partial charge in [-0.3, -0.25) is 4.79 Å². The quantitative estimate of drug-likeness (QED) is 0.588. The minimum Gasteiger partial charge on any atom is -0.355 e. The maximum absolute atomic E-state index is 11.1. The monoisotopic (exact) mass is 186 g/mol. The number of nitrogens with one attached hydrogen (secondary N) is 2. The fraction of sp³-hybridized carbons (Fsp3) is 0.900. The van der Waals surface area contributed by atoms with Crippen LogP contribution in [-0.2, 0) is 4.79 Å². The van der Waals surface area contributed by atoms with Gasteiger partial charge in [-0.2, -0.15) is 0 Å². The highest BCUT2D eigenvalue weighted by Gasteiger charge is 1.98. The van der Waals surface area contributed by atoms with Crippen molar-refractivity contribution in [2.24, 2.45) is 0 Å². The first-order valence-electron chi connectivity index (χ1n) is 5.17. The van der Waals surface area contributed by atoms with Crippen LogP contribution in [0.3, 0.4) is 0 Å². The molecule has 0 unspecified atom stereocenters. The van der Waals surface area contributed by atoms with Crippen molar-refractivity contribution in [2.45, 2.75) is 46.1 Å². The van der Waals surface area contributed by atoms with Crippen molar-refractivity contribution in [2.75, 3.05) is 13.1 Å². The van der Waals surface area contributed by atoms with Gasteiger partial charge in [0.15, 0.2) is 0 Å². The molecular formula is C10H22N2O. The van der Waals surface area contributed by atoms with E-state index in [-0.39, 0.29) is 5.91 Å². The molecule has 0 spiro atoms. The highest BCUT2D eigenvalue weighted by molar-refractivity contribution is 5.75. The van der Waals surface area contributed by atoms with E-state index in [1.165, 1.54) is 0 Å². The zero-order valence-electron chi connectivity index (χ0n) is 9.02. The summed E-state index contributed by atoms with van der Waals surface area (Å²) in [5.74, 6) is 0.174. The van der Waals surface area contributed by atoms with E-state index in [2.05, 4.69) is 31.4 Å². The van der Waals surface area contributed by atoms with Crippen molar-refractivity contribution in [3.8, 4) is 0 Å². The first-order valence-corrected chi connectivity index (χ1v) is 5.17. The maximum atomic E-state index is 11.1. The third kappa shape index (κ3) is 9.34. The van der Waals surface area contributed by atoms with Gasteiger partial charge < -0.3 is 10.6 Å². The van der Waals surface area contributed by atoms with Gasteiger partial charge >= 0.3 is 0 Å². The predicted octanol–water partition coefficient (Wildman–Crippen LogP) is 1.29. The Balaban J connectivity index is 3.17. The number of carbonyl (C=O) groups excluding carboxylic acids is 1. The van der Waals surface area contributed by atoms with Crippen molar-refractivity contribution in [3.63, 3.8) is 0 Å². The summed E-state index contributed by atoms with van der Waals surface area (Å²) in [6.45, 7) is 7.88. The second kappa shape index (κ2) is 8.05. The van der Waals surface area contributed by atoms with Gasteiger partial charge in [-0.15, -0.1) is 0 Å². The normalized spacial score (nSPS) is 10.5. The topological polar surface area (TPSA) is 41.1 Å². The van der Waals surface area contributed by atoms with Gasteiger partial charge in [-0.05, 0) is 6.42 Å². The zero-order chi connectivity index (χ0) is 10.1. The lowest BCUT2D eigenvalue weighted by Gasteiger charge is -2.08. The molecule has 0 aliphatic carbocycles. The molecule has 0 radical (unpaired) electrons. The molecule has 1 amide bonds. The third-order valence-corrected chi connectivity index (χ3v) is 1.76. The Labute approximate surface area is 81.3 Å². The molecule has 2 N–H and O–H groups in total. The largest absolute Gasteiger partial charge is 0.355 e. The van der Waals surface area contributed by atoms with Crippen LogP contribution in [0.5, 0.6) is 0 Å². The Morgan fingerprint density at radius 1 is 1.31 bits per heavy atom. The van der Waals surface area contributed by atoms with Crippen LogP contribution in [-0.4, -0.2) is 25.0 Å². The Hall–Kier alpha value is -0.570. The van der Waals surface area contributed by atoms with Crippen molar-refractivity contribution in [3.05, 3.63) is 0 Å². The number of hydrogen-bond donors (Lipinski definition) is 2. The number of unbranched alkanes of at least 4 members (excludes halogenated alkanes) is 1. The van der Waals surface area contributed by atoms with Crippen molar-refractivity contribution < 1.29 is 4.79 Å². The molecule has 0 aromatic rings. The SMILES string of the molecule is CCCCC(=O)NCCNC(C)C. The molecule has 0 saturated carbocycles.